The van der Waals surface area contributed by atoms with Crippen molar-refractivity contribution in [2.75, 3.05) is 0 Å². The number of carbonyl (C=O) groups is 1. The quantitative estimate of drug-likeness (QED) is 0.863. The topological polar surface area (TPSA) is 37.3 Å². The van der Waals surface area contributed by atoms with Crippen LogP contribution in [0.25, 0.3) is 0 Å². The standard InChI is InChI=1S/C16H19F3O2/c1-2-14(10-15(21,11-20)16(17,18)19)9-5-7-12-6-3-4-8-13(12)14/h3-4,6,8,11,21H,2,5,7,9-10H2,1H3. The van der Waals surface area contributed by atoms with Crippen LogP contribution in [0.1, 0.15) is 43.7 Å². The Labute approximate surface area is 122 Å². The summed E-state index contributed by atoms with van der Waals surface area (Å²) in [5.74, 6) is 0. The van der Waals surface area contributed by atoms with Gasteiger partial charge in [0.1, 0.15) is 0 Å². The lowest BCUT2D eigenvalue weighted by molar-refractivity contribution is -0.251. The molecule has 0 radical (unpaired) electrons. The molecule has 1 aliphatic rings. The summed E-state index contributed by atoms with van der Waals surface area (Å²) in [4.78, 5) is 10.9. The van der Waals surface area contributed by atoms with Gasteiger partial charge in [-0.15, -0.1) is 0 Å². The van der Waals surface area contributed by atoms with Crippen molar-refractivity contribution in [2.45, 2.75) is 56.2 Å². The Morgan fingerprint density at radius 2 is 2.00 bits per heavy atom. The second-order valence-corrected chi connectivity index (χ2v) is 5.86. The van der Waals surface area contributed by atoms with E-state index in [1.54, 1.807) is 6.07 Å². The molecule has 1 aliphatic carbocycles. The molecule has 116 valence electrons. The number of aldehydes is 1. The maximum absolute atomic E-state index is 13.1. The Morgan fingerprint density at radius 1 is 1.33 bits per heavy atom. The van der Waals surface area contributed by atoms with Gasteiger partial charge < -0.3 is 5.11 Å². The van der Waals surface area contributed by atoms with Gasteiger partial charge in [0.25, 0.3) is 0 Å². The maximum Gasteiger partial charge on any atom is 0.424 e. The van der Waals surface area contributed by atoms with Crippen LogP contribution in [0.4, 0.5) is 13.2 Å². The molecule has 2 atom stereocenters. The second-order valence-electron chi connectivity index (χ2n) is 5.86. The normalized spacial score (nSPS) is 25.0. The fourth-order valence-corrected chi connectivity index (χ4v) is 3.41. The molecule has 2 unspecified atom stereocenters. The van der Waals surface area contributed by atoms with E-state index in [-0.39, 0.29) is 6.29 Å². The van der Waals surface area contributed by atoms with E-state index in [4.69, 9.17) is 0 Å². The molecule has 0 aliphatic heterocycles. The van der Waals surface area contributed by atoms with Crippen molar-refractivity contribution in [3.05, 3.63) is 35.4 Å². The van der Waals surface area contributed by atoms with Crippen molar-refractivity contribution in [1.82, 2.24) is 0 Å². The molecule has 1 aromatic carbocycles. The van der Waals surface area contributed by atoms with E-state index < -0.39 is 23.6 Å². The highest BCUT2D eigenvalue weighted by Gasteiger charge is 2.57. The second kappa shape index (κ2) is 5.44. The third-order valence-corrected chi connectivity index (χ3v) is 4.66. The Morgan fingerprint density at radius 3 is 2.57 bits per heavy atom. The molecular formula is C16H19F3O2. The summed E-state index contributed by atoms with van der Waals surface area (Å²) in [6, 6.07) is 7.38. The Kier molecular flexibility index (Phi) is 4.15. The van der Waals surface area contributed by atoms with Gasteiger partial charge in [-0.1, -0.05) is 31.2 Å². The van der Waals surface area contributed by atoms with Gasteiger partial charge in [-0.2, -0.15) is 13.2 Å². The highest BCUT2D eigenvalue weighted by molar-refractivity contribution is 5.64. The molecule has 5 heteroatoms. The van der Waals surface area contributed by atoms with Crippen LogP contribution < -0.4 is 0 Å². The zero-order valence-corrected chi connectivity index (χ0v) is 11.9. The minimum atomic E-state index is -4.96. The van der Waals surface area contributed by atoms with Crippen molar-refractivity contribution in [3.63, 3.8) is 0 Å². The summed E-state index contributed by atoms with van der Waals surface area (Å²) in [5, 5.41) is 9.84. The Bertz CT molecular complexity index is 526. The first-order valence-corrected chi connectivity index (χ1v) is 7.12. The number of hydrogen-bond donors (Lipinski definition) is 1. The third kappa shape index (κ3) is 2.71. The minimum Gasteiger partial charge on any atom is -0.374 e. The van der Waals surface area contributed by atoms with E-state index in [1.807, 2.05) is 25.1 Å². The van der Waals surface area contributed by atoms with Gasteiger partial charge in [-0.3, -0.25) is 4.79 Å². The van der Waals surface area contributed by atoms with E-state index in [0.29, 0.717) is 12.8 Å². The lowest BCUT2D eigenvalue weighted by atomic mass is 9.63. The van der Waals surface area contributed by atoms with Crippen LogP contribution in [0.15, 0.2) is 24.3 Å². The van der Waals surface area contributed by atoms with Crippen LogP contribution in [0, 0.1) is 0 Å². The van der Waals surface area contributed by atoms with Crippen LogP contribution in [0.2, 0.25) is 0 Å². The number of halogens is 3. The smallest absolute Gasteiger partial charge is 0.374 e. The minimum absolute atomic E-state index is 0.359. The summed E-state index contributed by atoms with van der Waals surface area (Å²) in [6.07, 6.45) is -3.34. The molecule has 0 saturated heterocycles. The van der Waals surface area contributed by atoms with Crippen LogP contribution in [0.3, 0.4) is 0 Å². The average molecular weight is 300 g/mol. The SMILES string of the molecule is CCC1(CC(O)(C=O)C(F)(F)F)CCCc2ccccc21. The highest BCUT2D eigenvalue weighted by Crippen LogP contribution is 2.48. The first kappa shape index (κ1) is 16.0. The third-order valence-electron chi connectivity index (χ3n) is 4.66. The largest absolute Gasteiger partial charge is 0.424 e. The monoisotopic (exact) mass is 300 g/mol. The van der Waals surface area contributed by atoms with E-state index in [1.165, 1.54) is 0 Å². The Hall–Kier alpha value is -1.36. The zero-order valence-electron chi connectivity index (χ0n) is 11.9. The number of carbonyl (C=O) groups excluding carboxylic acids is 1. The summed E-state index contributed by atoms with van der Waals surface area (Å²) in [5.41, 5.74) is -2.24. The van der Waals surface area contributed by atoms with Crippen LogP contribution in [-0.2, 0) is 16.6 Å². The molecular weight excluding hydrogens is 281 g/mol. The predicted molar refractivity (Wildman–Crippen MR) is 73.0 cm³/mol. The predicted octanol–water partition coefficient (Wildman–Crippen LogP) is 3.55. The number of fused-ring (bicyclic) bond motifs is 1. The fourth-order valence-electron chi connectivity index (χ4n) is 3.41. The van der Waals surface area contributed by atoms with Crippen molar-refractivity contribution in [1.29, 1.82) is 0 Å². The van der Waals surface area contributed by atoms with Crippen molar-refractivity contribution < 1.29 is 23.1 Å². The van der Waals surface area contributed by atoms with Gasteiger partial charge in [0.2, 0.25) is 5.60 Å². The molecule has 0 fully saturated rings. The first-order chi connectivity index (χ1) is 9.78. The number of benzene rings is 1. The van der Waals surface area contributed by atoms with Gasteiger partial charge in [0, 0.05) is 6.42 Å². The average Bonchev–Trinajstić information content (AvgIpc) is 2.46. The maximum atomic E-state index is 13.1. The molecule has 1 aromatic rings. The van der Waals surface area contributed by atoms with Gasteiger partial charge >= 0.3 is 6.18 Å². The van der Waals surface area contributed by atoms with Gasteiger partial charge in [-0.05, 0) is 42.2 Å². The summed E-state index contributed by atoms with van der Waals surface area (Å²) >= 11 is 0. The number of alkyl halides is 3. The van der Waals surface area contributed by atoms with Crippen molar-refractivity contribution in [2.24, 2.45) is 0 Å². The fraction of sp³-hybridized carbons (Fsp3) is 0.562. The lowest BCUT2D eigenvalue weighted by Gasteiger charge is -2.42. The molecule has 2 nitrogen and oxygen atoms in total. The van der Waals surface area contributed by atoms with E-state index in [2.05, 4.69) is 0 Å². The number of hydrogen-bond acceptors (Lipinski definition) is 2. The summed E-state index contributed by atoms with van der Waals surface area (Å²) < 4.78 is 39.2. The van der Waals surface area contributed by atoms with Gasteiger partial charge in [0.05, 0.1) is 0 Å². The molecule has 0 bridgehead atoms. The number of aryl methyl sites for hydroxylation is 1. The van der Waals surface area contributed by atoms with Gasteiger partial charge in [0.15, 0.2) is 6.29 Å². The van der Waals surface area contributed by atoms with E-state index in [9.17, 15) is 23.1 Å². The highest BCUT2D eigenvalue weighted by atomic mass is 19.4. The molecule has 1 N–H and O–H groups in total. The van der Waals surface area contributed by atoms with E-state index >= 15 is 0 Å². The van der Waals surface area contributed by atoms with Gasteiger partial charge in [-0.25, -0.2) is 0 Å². The molecule has 0 spiro atoms. The number of rotatable bonds is 4. The summed E-state index contributed by atoms with van der Waals surface area (Å²) in [6.45, 7) is 1.81. The first-order valence-electron chi connectivity index (χ1n) is 7.12. The molecule has 0 heterocycles. The Balaban J connectivity index is 2.47. The zero-order chi connectivity index (χ0) is 15.7. The molecule has 2 rings (SSSR count). The van der Waals surface area contributed by atoms with E-state index in [0.717, 1.165) is 24.0 Å². The molecule has 0 aromatic heterocycles. The van der Waals surface area contributed by atoms with Crippen LogP contribution >= 0.6 is 0 Å². The van der Waals surface area contributed by atoms with Crippen LogP contribution in [-0.4, -0.2) is 23.2 Å². The molecule has 0 amide bonds. The molecule has 21 heavy (non-hydrogen) atoms. The van der Waals surface area contributed by atoms with Crippen LogP contribution in [0.5, 0.6) is 0 Å². The van der Waals surface area contributed by atoms with Crippen molar-refractivity contribution >= 4 is 6.29 Å². The lowest BCUT2D eigenvalue weighted by Crippen LogP contribution is -2.52. The summed E-state index contributed by atoms with van der Waals surface area (Å²) in [7, 11) is 0. The molecule has 0 saturated carbocycles. The number of aliphatic hydroxyl groups is 1. The van der Waals surface area contributed by atoms with Crippen molar-refractivity contribution in [3.8, 4) is 0 Å².